The number of aryl methyl sites for hydroxylation is 2. The van der Waals surface area contributed by atoms with Gasteiger partial charge in [-0.05, 0) is 45.0 Å². The fourth-order valence-electron chi connectivity index (χ4n) is 2.57. The summed E-state index contributed by atoms with van der Waals surface area (Å²) in [7, 11) is 1.97. The van der Waals surface area contributed by atoms with E-state index in [0.717, 1.165) is 29.2 Å². The molecule has 1 unspecified atom stereocenters. The summed E-state index contributed by atoms with van der Waals surface area (Å²) in [6.45, 7) is 10.7. The van der Waals surface area contributed by atoms with Crippen molar-refractivity contribution in [2.75, 3.05) is 13.1 Å². The van der Waals surface area contributed by atoms with E-state index in [0.29, 0.717) is 11.8 Å². The van der Waals surface area contributed by atoms with Crippen LogP contribution in [0.15, 0.2) is 38.6 Å². The van der Waals surface area contributed by atoms with Gasteiger partial charge in [0.1, 0.15) is 0 Å². The van der Waals surface area contributed by atoms with Crippen molar-refractivity contribution in [2.45, 2.75) is 44.4 Å². The molecule has 0 radical (unpaired) electrons. The van der Waals surface area contributed by atoms with E-state index in [1.165, 1.54) is 16.2 Å². The first-order chi connectivity index (χ1) is 12.4. The van der Waals surface area contributed by atoms with Crippen LogP contribution in [-0.2, 0) is 13.6 Å². The first kappa shape index (κ1) is 20.8. The summed E-state index contributed by atoms with van der Waals surface area (Å²) in [6, 6.07) is 8.43. The van der Waals surface area contributed by atoms with Crippen molar-refractivity contribution < 1.29 is 0 Å². The van der Waals surface area contributed by atoms with Crippen LogP contribution in [0.2, 0.25) is 0 Å². The minimum Gasteiger partial charge on any atom is -0.357 e. The Balaban J connectivity index is 1.93. The minimum absolute atomic E-state index is 0.432. The molecule has 2 rings (SSSR count). The third-order valence-electron chi connectivity index (χ3n) is 4.11. The first-order valence-electron chi connectivity index (χ1n) is 8.84. The molecule has 0 aliphatic heterocycles. The lowest BCUT2D eigenvalue weighted by atomic mass is 10.2. The Morgan fingerprint density at radius 3 is 2.54 bits per heavy atom. The second-order valence-electron chi connectivity index (χ2n) is 6.23. The van der Waals surface area contributed by atoms with E-state index in [4.69, 9.17) is 4.99 Å². The molecule has 2 aromatic rings. The number of nitrogens with zero attached hydrogens (tertiary/aromatic N) is 3. The van der Waals surface area contributed by atoms with Gasteiger partial charge in [0.25, 0.3) is 0 Å². The molecule has 1 heterocycles. The van der Waals surface area contributed by atoms with Gasteiger partial charge in [0.05, 0.1) is 12.2 Å². The predicted molar refractivity (Wildman–Crippen MR) is 115 cm³/mol. The number of thioether (sulfide) groups is 1. The highest BCUT2D eigenvalue weighted by atomic mass is 79.9. The molecular formula is C19H28BrN5S. The van der Waals surface area contributed by atoms with Crippen LogP contribution in [0.5, 0.6) is 0 Å². The Hall–Kier alpha value is -1.47. The van der Waals surface area contributed by atoms with E-state index < -0.39 is 0 Å². The van der Waals surface area contributed by atoms with E-state index in [-0.39, 0.29) is 0 Å². The van der Waals surface area contributed by atoms with Gasteiger partial charge in [0, 0.05) is 46.0 Å². The zero-order valence-electron chi connectivity index (χ0n) is 16.1. The fraction of sp³-hybridized carbons (Fsp3) is 0.474. The fourth-order valence-corrected chi connectivity index (χ4v) is 3.76. The standard InChI is InChI=1S/C19H28BrN5S/c1-6-21-19(23-12-18-14(3)24-25(5)15(18)4)22-11-13(2)26-17-9-7-16(20)8-10-17/h7-10,13H,6,11-12H2,1-5H3,(H2,21,22,23). The summed E-state index contributed by atoms with van der Waals surface area (Å²) in [5.74, 6) is 0.846. The normalized spacial score (nSPS) is 12.9. The zero-order valence-corrected chi connectivity index (χ0v) is 18.5. The summed E-state index contributed by atoms with van der Waals surface area (Å²) in [6.07, 6.45) is 0. The van der Waals surface area contributed by atoms with Crippen molar-refractivity contribution in [3.05, 3.63) is 45.7 Å². The maximum absolute atomic E-state index is 4.73. The molecule has 1 aromatic carbocycles. The number of hydrogen-bond donors (Lipinski definition) is 2. The number of aromatic nitrogens is 2. The highest BCUT2D eigenvalue weighted by molar-refractivity contribution is 9.10. The quantitative estimate of drug-likeness (QED) is 0.389. The third kappa shape index (κ3) is 6.06. The van der Waals surface area contributed by atoms with Gasteiger partial charge in [-0.2, -0.15) is 5.10 Å². The molecule has 0 aliphatic rings. The van der Waals surface area contributed by atoms with Gasteiger partial charge in [-0.3, -0.25) is 4.68 Å². The van der Waals surface area contributed by atoms with Crippen LogP contribution in [0.25, 0.3) is 0 Å². The van der Waals surface area contributed by atoms with Crippen molar-refractivity contribution >= 4 is 33.7 Å². The van der Waals surface area contributed by atoms with E-state index in [9.17, 15) is 0 Å². The second-order valence-corrected chi connectivity index (χ2v) is 8.66. The molecule has 0 bridgehead atoms. The molecular weight excluding hydrogens is 410 g/mol. The van der Waals surface area contributed by atoms with E-state index in [1.54, 1.807) is 0 Å². The molecule has 5 nitrogen and oxygen atoms in total. The second kappa shape index (κ2) is 10.0. The Bertz CT molecular complexity index is 739. The lowest BCUT2D eigenvalue weighted by molar-refractivity contribution is 0.730. The van der Waals surface area contributed by atoms with Gasteiger partial charge in [-0.25, -0.2) is 4.99 Å². The lowest BCUT2D eigenvalue weighted by Crippen LogP contribution is -2.40. The molecule has 0 amide bonds. The Kier molecular flexibility index (Phi) is 8.03. The molecule has 1 atom stereocenters. The van der Waals surface area contributed by atoms with Crippen molar-refractivity contribution in [1.29, 1.82) is 0 Å². The van der Waals surface area contributed by atoms with Crippen LogP contribution in [-0.4, -0.2) is 34.1 Å². The molecule has 0 spiro atoms. The molecule has 0 aliphatic carbocycles. The Morgan fingerprint density at radius 1 is 1.27 bits per heavy atom. The van der Waals surface area contributed by atoms with Crippen molar-refractivity contribution in [1.82, 2.24) is 20.4 Å². The molecule has 0 saturated carbocycles. The topological polar surface area (TPSA) is 54.2 Å². The number of halogens is 1. The van der Waals surface area contributed by atoms with Gasteiger partial charge >= 0.3 is 0 Å². The number of aliphatic imine (C=N–C) groups is 1. The molecule has 0 saturated heterocycles. The van der Waals surface area contributed by atoms with Gasteiger partial charge in [-0.1, -0.05) is 22.9 Å². The van der Waals surface area contributed by atoms with Crippen molar-refractivity contribution in [2.24, 2.45) is 12.0 Å². The highest BCUT2D eigenvalue weighted by Crippen LogP contribution is 2.24. The SMILES string of the molecule is CCNC(=NCc1c(C)nn(C)c1C)NCC(C)Sc1ccc(Br)cc1. The average molecular weight is 438 g/mol. The van der Waals surface area contributed by atoms with Crippen LogP contribution in [0.1, 0.15) is 30.8 Å². The Labute approximate surface area is 169 Å². The number of guanidine groups is 1. The highest BCUT2D eigenvalue weighted by Gasteiger charge is 2.10. The summed E-state index contributed by atoms with van der Waals surface area (Å²) in [5, 5.41) is 11.7. The maximum atomic E-state index is 4.73. The van der Waals surface area contributed by atoms with Crippen LogP contribution in [0, 0.1) is 13.8 Å². The van der Waals surface area contributed by atoms with Crippen molar-refractivity contribution in [3.63, 3.8) is 0 Å². The number of rotatable bonds is 7. The average Bonchev–Trinajstić information content (AvgIpc) is 2.85. The number of benzene rings is 1. The van der Waals surface area contributed by atoms with Gasteiger partial charge in [0.2, 0.25) is 0 Å². The van der Waals surface area contributed by atoms with Gasteiger partial charge in [-0.15, -0.1) is 11.8 Å². The molecule has 0 fully saturated rings. The molecule has 142 valence electrons. The largest absolute Gasteiger partial charge is 0.357 e. The van der Waals surface area contributed by atoms with E-state index >= 15 is 0 Å². The summed E-state index contributed by atoms with van der Waals surface area (Å²) in [5.41, 5.74) is 3.41. The van der Waals surface area contributed by atoms with E-state index in [1.807, 2.05) is 30.4 Å². The first-order valence-corrected chi connectivity index (χ1v) is 10.5. The molecule has 26 heavy (non-hydrogen) atoms. The van der Waals surface area contributed by atoms with Crippen LogP contribution in [0.4, 0.5) is 0 Å². The lowest BCUT2D eigenvalue weighted by Gasteiger charge is -2.16. The predicted octanol–water partition coefficient (Wildman–Crippen LogP) is 4.04. The molecule has 1 aromatic heterocycles. The van der Waals surface area contributed by atoms with Crippen LogP contribution >= 0.6 is 27.7 Å². The van der Waals surface area contributed by atoms with Crippen LogP contribution in [0.3, 0.4) is 0 Å². The monoisotopic (exact) mass is 437 g/mol. The minimum atomic E-state index is 0.432. The maximum Gasteiger partial charge on any atom is 0.191 e. The number of nitrogens with one attached hydrogen (secondary N) is 2. The Morgan fingerprint density at radius 2 is 1.96 bits per heavy atom. The number of hydrogen-bond acceptors (Lipinski definition) is 3. The molecule has 2 N–H and O–H groups in total. The third-order valence-corrected chi connectivity index (χ3v) is 5.75. The van der Waals surface area contributed by atoms with Gasteiger partial charge in [0.15, 0.2) is 5.96 Å². The smallest absolute Gasteiger partial charge is 0.191 e. The van der Waals surface area contributed by atoms with E-state index in [2.05, 4.69) is 76.7 Å². The van der Waals surface area contributed by atoms with Crippen molar-refractivity contribution in [3.8, 4) is 0 Å². The zero-order chi connectivity index (χ0) is 19.1. The summed E-state index contributed by atoms with van der Waals surface area (Å²) < 4.78 is 3.02. The summed E-state index contributed by atoms with van der Waals surface area (Å²) in [4.78, 5) is 6.00. The van der Waals surface area contributed by atoms with Crippen LogP contribution < -0.4 is 10.6 Å². The summed E-state index contributed by atoms with van der Waals surface area (Å²) >= 11 is 5.33. The molecule has 7 heteroatoms. The van der Waals surface area contributed by atoms with Gasteiger partial charge < -0.3 is 10.6 Å².